The normalized spacial score (nSPS) is 15.4. The van der Waals surface area contributed by atoms with Gasteiger partial charge >= 0.3 is 0 Å². The second kappa shape index (κ2) is 11.5. The summed E-state index contributed by atoms with van der Waals surface area (Å²) < 4.78 is 10.8. The first kappa shape index (κ1) is 25.7. The number of nitrogens with one attached hydrogen (secondary N) is 1. The van der Waals surface area contributed by atoms with Crippen molar-refractivity contribution < 1.29 is 19.1 Å². The van der Waals surface area contributed by atoms with Crippen molar-refractivity contribution in [3.8, 4) is 11.5 Å². The number of aryl methyl sites for hydroxylation is 1. The minimum Gasteiger partial charge on any atom is -0.497 e. The van der Waals surface area contributed by atoms with E-state index in [1.807, 2.05) is 30.0 Å². The van der Waals surface area contributed by atoms with Crippen molar-refractivity contribution in [3.05, 3.63) is 70.4 Å². The van der Waals surface area contributed by atoms with Crippen LogP contribution in [0.2, 0.25) is 0 Å². The van der Waals surface area contributed by atoms with Crippen LogP contribution in [0.4, 0.5) is 11.4 Å². The molecule has 1 fully saturated rings. The van der Waals surface area contributed by atoms with Crippen LogP contribution in [0.15, 0.2) is 60.0 Å². The van der Waals surface area contributed by atoms with E-state index in [2.05, 4.69) is 23.7 Å². The standard InChI is InChI=1S/C27H29N3O4S2/c1-4-34-21-10-8-19(9-11-21)28-25(31)17-23-26(32)30(20-6-5-7-22(16-20)33-3)27(35)29(23)14-12-24-18(2)13-15-36-24/h5-11,13,15-16,23H,4,12,14,17H2,1-3H3,(H,28,31)/t23-/m0/s1. The van der Waals surface area contributed by atoms with Gasteiger partial charge in [-0.1, -0.05) is 6.07 Å². The van der Waals surface area contributed by atoms with Crippen LogP contribution in [0.25, 0.3) is 0 Å². The molecule has 2 aromatic carbocycles. The molecule has 0 spiro atoms. The van der Waals surface area contributed by atoms with E-state index in [1.54, 1.807) is 48.8 Å². The highest BCUT2D eigenvalue weighted by Crippen LogP contribution is 2.30. The number of carbonyl (C=O) groups is 2. The lowest BCUT2D eigenvalue weighted by atomic mass is 10.1. The summed E-state index contributed by atoms with van der Waals surface area (Å²) in [5.74, 6) is 0.874. The molecule has 4 rings (SSSR count). The van der Waals surface area contributed by atoms with Crippen molar-refractivity contribution in [2.75, 3.05) is 30.5 Å². The Bertz CT molecular complexity index is 1240. The number of thiophene rings is 1. The molecular weight excluding hydrogens is 494 g/mol. The van der Waals surface area contributed by atoms with Crippen molar-refractivity contribution >= 4 is 51.9 Å². The third-order valence-electron chi connectivity index (χ3n) is 6.01. The first-order valence-electron chi connectivity index (χ1n) is 11.8. The number of hydrogen-bond acceptors (Lipinski definition) is 6. The molecular formula is C27H29N3O4S2. The number of thiocarbonyl (C=S) groups is 1. The van der Waals surface area contributed by atoms with Crippen LogP contribution in [-0.2, 0) is 16.0 Å². The van der Waals surface area contributed by atoms with Crippen molar-refractivity contribution in [1.29, 1.82) is 0 Å². The molecule has 1 aromatic heterocycles. The summed E-state index contributed by atoms with van der Waals surface area (Å²) in [5, 5.41) is 5.34. The highest BCUT2D eigenvalue weighted by molar-refractivity contribution is 7.80. The van der Waals surface area contributed by atoms with Gasteiger partial charge in [0.25, 0.3) is 5.91 Å². The lowest BCUT2D eigenvalue weighted by Gasteiger charge is -2.24. The Morgan fingerprint density at radius 1 is 1.14 bits per heavy atom. The molecule has 9 heteroatoms. The van der Waals surface area contributed by atoms with Crippen molar-refractivity contribution in [2.45, 2.75) is 32.7 Å². The Morgan fingerprint density at radius 3 is 2.58 bits per heavy atom. The predicted octanol–water partition coefficient (Wildman–Crippen LogP) is 5.04. The molecule has 2 heterocycles. The average molecular weight is 524 g/mol. The molecule has 188 valence electrons. The van der Waals surface area contributed by atoms with Crippen molar-refractivity contribution in [2.24, 2.45) is 0 Å². The van der Waals surface area contributed by atoms with Gasteiger partial charge in [0.05, 0.1) is 25.8 Å². The Morgan fingerprint density at radius 2 is 1.92 bits per heavy atom. The molecule has 0 saturated carbocycles. The van der Waals surface area contributed by atoms with E-state index in [1.165, 1.54) is 15.3 Å². The average Bonchev–Trinajstić information content (AvgIpc) is 3.38. The van der Waals surface area contributed by atoms with Crippen LogP contribution >= 0.6 is 23.6 Å². The topological polar surface area (TPSA) is 71.1 Å². The number of rotatable bonds is 10. The van der Waals surface area contributed by atoms with Crippen LogP contribution in [-0.4, -0.2) is 48.1 Å². The minimum atomic E-state index is -0.702. The summed E-state index contributed by atoms with van der Waals surface area (Å²) in [4.78, 5) is 31.2. The molecule has 1 saturated heterocycles. The maximum Gasteiger partial charge on any atom is 0.256 e. The summed E-state index contributed by atoms with van der Waals surface area (Å²) >= 11 is 7.46. The molecule has 0 radical (unpaired) electrons. The van der Waals surface area contributed by atoms with Gasteiger partial charge in [0.1, 0.15) is 17.5 Å². The monoisotopic (exact) mass is 523 g/mol. The lowest BCUT2D eigenvalue weighted by molar-refractivity contribution is -0.124. The van der Waals surface area contributed by atoms with Gasteiger partial charge in [-0.25, -0.2) is 0 Å². The number of nitrogens with zero attached hydrogens (tertiary/aromatic N) is 2. The largest absolute Gasteiger partial charge is 0.497 e. The van der Waals surface area contributed by atoms with Gasteiger partial charge in [-0.2, -0.15) is 0 Å². The number of hydrogen-bond donors (Lipinski definition) is 1. The SMILES string of the molecule is CCOc1ccc(NC(=O)C[C@H]2C(=O)N(c3cccc(OC)c3)C(=S)N2CCc2sccc2C)cc1. The van der Waals surface area contributed by atoms with Gasteiger partial charge in [0, 0.05) is 23.2 Å². The van der Waals surface area contributed by atoms with Gasteiger partial charge in [0.2, 0.25) is 5.91 Å². The van der Waals surface area contributed by atoms with Crippen LogP contribution in [0.3, 0.4) is 0 Å². The van der Waals surface area contributed by atoms with Crippen LogP contribution in [0.5, 0.6) is 11.5 Å². The number of anilines is 2. The molecule has 1 N–H and O–H groups in total. The van der Waals surface area contributed by atoms with Crippen molar-refractivity contribution in [1.82, 2.24) is 4.90 Å². The summed E-state index contributed by atoms with van der Waals surface area (Å²) in [6.45, 7) is 5.09. The Balaban J connectivity index is 1.54. The first-order valence-corrected chi connectivity index (χ1v) is 13.0. The fourth-order valence-corrected chi connectivity index (χ4v) is 5.46. The van der Waals surface area contributed by atoms with Gasteiger partial charge in [-0.3, -0.25) is 14.5 Å². The molecule has 7 nitrogen and oxygen atoms in total. The summed E-state index contributed by atoms with van der Waals surface area (Å²) in [6, 6.07) is 15.8. The molecule has 0 bridgehead atoms. The van der Waals surface area contributed by atoms with E-state index in [9.17, 15) is 9.59 Å². The van der Waals surface area contributed by atoms with E-state index in [-0.39, 0.29) is 18.2 Å². The highest BCUT2D eigenvalue weighted by atomic mass is 32.1. The molecule has 1 atom stereocenters. The fourth-order valence-electron chi connectivity index (χ4n) is 4.15. The highest BCUT2D eigenvalue weighted by Gasteiger charge is 2.44. The Labute approximate surface area is 220 Å². The summed E-state index contributed by atoms with van der Waals surface area (Å²) in [5.41, 5.74) is 2.48. The van der Waals surface area contributed by atoms with E-state index in [0.29, 0.717) is 35.4 Å². The van der Waals surface area contributed by atoms with Crippen molar-refractivity contribution in [3.63, 3.8) is 0 Å². The van der Waals surface area contributed by atoms with E-state index >= 15 is 0 Å². The first-order chi connectivity index (χ1) is 17.4. The second-order valence-electron chi connectivity index (χ2n) is 8.35. The number of ether oxygens (including phenoxy) is 2. The molecule has 1 aliphatic heterocycles. The maximum absolute atomic E-state index is 13.6. The minimum absolute atomic E-state index is 0.0178. The molecule has 3 aromatic rings. The third-order valence-corrected chi connectivity index (χ3v) is 7.51. The number of methoxy groups -OCH3 is 1. The van der Waals surface area contributed by atoms with E-state index in [0.717, 1.165) is 12.2 Å². The Kier molecular flexibility index (Phi) is 8.22. The summed E-state index contributed by atoms with van der Waals surface area (Å²) in [6.07, 6.45) is 0.718. The fraction of sp³-hybridized carbons (Fsp3) is 0.296. The van der Waals surface area contributed by atoms with Gasteiger partial charge in [0.15, 0.2) is 5.11 Å². The van der Waals surface area contributed by atoms with Crippen LogP contribution in [0, 0.1) is 6.92 Å². The zero-order chi connectivity index (χ0) is 25.7. The van der Waals surface area contributed by atoms with Gasteiger partial charge in [-0.15, -0.1) is 11.3 Å². The number of benzene rings is 2. The molecule has 2 amide bonds. The van der Waals surface area contributed by atoms with E-state index in [4.69, 9.17) is 21.7 Å². The predicted molar refractivity (Wildman–Crippen MR) is 147 cm³/mol. The van der Waals surface area contributed by atoms with Gasteiger partial charge in [-0.05, 0) is 85.9 Å². The molecule has 36 heavy (non-hydrogen) atoms. The van der Waals surface area contributed by atoms with Gasteiger partial charge < -0.3 is 19.7 Å². The van der Waals surface area contributed by atoms with E-state index < -0.39 is 6.04 Å². The maximum atomic E-state index is 13.6. The lowest BCUT2D eigenvalue weighted by Crippen LogP contribution is -2.39. The molecule has 0 unspecified atom stereocenters. The summed E-state index contributed by atoms with van der Waals surface area (Å²) in [7, 11) is 1.58. The smallest absolute Gasteiger partial charge is 0.256 e. The Hall–Kier alpha value is -3.43. The third kappa shape index (κ3) is 5.68. The molecule has 1 aliphatic rings. The zero-order valence-corrected chi connectivity index (χ0v) is 22.2. The quantitative estimate of drug-likeness (QED) is 0.376. The van der Waals surface area contributed by atoms with Crippen LogP contribution < -0.4 is 19.7 Å². The zero-order valence-electron chi connectivity index (χ0n) is 20.5. The second-order valence-corrected chi connectivity index (χ2v) is 9.72. The number of amides is 2. The van der Waals surface area contributed by atoms with Crippen LogP contribution in [0.1, 0.15) is 23.8 Å². The number of carbonyl (C=O) groups excluding carboxylic acids is 2. The molecule has 0 aliphatic carbocycles.